The van der Waals surface area contributed by atoms with Gasteiger partial charge in [-0.15, -0.1) is 10.2 Å². The molecule has 0 saturated heterocycles. The molecule has 0 unspecified atom stereocenters. The molecule has 3 aromatic rings. The molecule has 0 spiro atoms. The Balaban J connectivity index is 1.79. The van der Waals surface area contributed by atoms with Crippen molar-refractivity contribution in [2.24, 2.45) is 0 Å². The molecule has 0 radical (unpaired) electrons. The SMILES string of the molecule is CC(C)N(C(=O)O)c1nnc2c(NCCc3ccc(F)cc3)nccn12. The Kier molecular flexibility index (Phi) is 4.97. The second-order valence-electron chi connectivity index (χ2n) is 6.02. The van der Waals surface area contributed by atoms with Gasteiger partial charge < -0.3 is 10.4 Å². The van der Waals surface area contributed by atoms with E-state index in [0.29, 0.717) is 24.4 Å². The van der Waals surface area contributed by atoms with Crippen molar-refractivity contribution in [3.8, 4) is 0 Å². The molecule has 1 aromatic carbocycles. The molecule has 26 heavy (non-hydrogen) atoms. The highest BCUT2D eigenvalue weighted by Crippen LogP contribution is 2.20. The molecule has 0 aliphatic carbocycles. The zero-order valence-corrected chi connectivity index (χ0v) is 14.4. The van der Waals surface area contributed by atoms with Crippen LogP contribution in [0.3, 0.4) is 0 Å². The number of hydrogen-bond acceptors (Lipinski definition) is 5. The lowest BCUT2D eigenvalue weighted by molar-refractivity contribution is 0.199. The first kappa shape index (κ1) is 17.6. The zero-order chi connectivity index (χ0) is 18.7. The lowest BCUT2D eigenvalue weighted by Crippen LogP contribution is -2.37. The number of hydrogen-bond donors (Lipinski definition) is 2. The molecule has 2 N–H and O–H groups in total. The molecule has 0 saturated carbocycles. The van der Waals surface area contributed by atoms with Gasteiger partial charge in [0.15, 0.2) is 5.82 Å². The summed E-state index contributed by atoms with van der Waals surface area (Å²) in [6.07, 6.45) is 2.75. The van der Waals surface area contributed by atoms with Gasteiger partial charge in [-0.3, -0.25) is 4.40 Å². The predicted octanol–water partition coefficient (Wildman–Crippen LogP) is 2.81. The molecule has 0 aliphatic rings. The van der Waals surface area contributed by atoms with Gasteiger partial charge in [-0.1, -0.05) is 12.1 Å². The van der Waals surface area contributed by atoms with E-state index >= 15 is 0 Å². The molecule has 3 rings (SSSR count). The number of aromatic nitrogens is 4. The van der Waals surface area contributed by atoms with Crippen LogP contribution in [0.15, 0.2) is 36.7 Å². The van der Waals surface area contributed by atoms with E-state index < -0.39 is 6.09 Å². The van der Waals surface area contributed by atoms with Gasteiger partial charge in [0.2, 0.25) is 11.6 Å². The Labute approximate surface area is 149 Å². The van der Waals surface area contributed by atoms with Crippen LogP contribution in [-0.4, -0.2) is 43.4 Å². The van der Waals surface area contributed by atoms with E-state index in [-0.39, 0.29) is 17.8 Å². The smallest absolute Gasteiger partial charge is 0.414 e. The first-order valence-corrected chi connectivity index (χ1v) is 8.17. The summed E-state index contributed by atoms with van der Waals surface area (Å²) in [7, 11) is 0. The third-order valence-electron chi connectivity index (χ3n) is 3.87. The number of nitrogens with one attached hydrogen (secondary N) is 1. The van der Waals surface area contributed by atoms with Crippen LogP contribution in [0.2, 0.25) is 0 Å². The maximum absolute atomic E-state index is 12.9. The summed E-state index contributed by atoms with van der Waals surface area (Å²) >= 11 is 0. The summed E-state index contributed by atoms with van der Waals surface area (Å²) in [6, 6.07) is 6.01. The normalized spacial score (nSPS) is 11.1. The Morgan fingerprint density at radius 1 is 1.31 bits per heavy atom. The molecule has 1 amide bonds. The summed E-state index contributed by atoms with van der Waals surface area (Å²) in [5, 5.41) is 20.7. The third kappa shape index (κ3) is 3.56. The summed E-state index contributed by atoms with van der Waals surface area (Å²) in [6.45, 7) is 4.09. The maximum atomic E-state index is 12.9. The van der Waals surface area contributed by atoms with Gasteiger partial charge in [0, 0.05) is 25.0 Å². The summed E-state index contributed by atoms with van der Waals surface area (Å²) < 4.78 is 14.5. The number of anilines is 2. The van der Waals surface area contributed by atoms with Gasteiger partial charge in [0.25, 0.3) is 0 Å². The summed E-state index contributed by atoms with van der Waals surface area (Å²) in [4.78, 5) is 16.9. The van der Waals surface area contributed by atoms with Crippen LogP contribution in [0.4, 0.5) is 21.0 Å². The molecule has 8 nitrogen and oxygen atoms in total. The van der Waals surface area contributed by atoms with Crippen LogP contribution in [0.5, 0.6) is 0 Å². The Bertz CT molecular complexity index is 909. The van der Waals surface area contributed by atoms with Crippen LogP contribution in [0.1, 0.15) is 19.4 Å². The van der Waals surface area contributed by atoms with Crippen LogP contribution in [-0.2, 0) is 6.42 Å². The molecule has 136 valence electrons. The van der Waals surface area contributed by atoms with Gasteiger partial charge in [-0.25, -0.2) is 19.1 Å². The van der Waals surface area contributed by atoms with Crippen molar-refractivity contribution in [3.05, 3.63) is 48.0 Å². The fourth-order valence-electron chi connectivity index (χ4n) is 2.62. The van der Waals surface area contributed by atoms with Crippen LogP contribution in [0.25, 0.3) is 5.65 Å². The first-order valence-electron chi connectivity index (χ1n) is 8.17. The Morgan fingerprint density at radius 2 is 2.04 bits per heavy atom. The summed E-state index contributed by atoms with van der Waals surface area (Å²) in [5.41, 5.74) is 1.43. The van der Waals surface area contributed by atoms with E-state index in [1.165, 1.54) is 12.1 Å². The van der Waals surface area contributed by atoms with E-state index in [4.69, 9.17) is 0 Å². The highest BCUT2D eigenvalue weighted by atomic mass is 19.1. The molecule has 0 bridgehead atoms. The van der Waals surface area contributed by atoms with Gasteiger partial charge in [0.05, 0.1) is 0 Å². The van der Waals surface area contributed by atoms with Gasteiger partial charge in [-0.05, 0) is 38.0 Å². The number of fused-ring (bicyclic) bond motifs is 1. The van der Waals surface area contributed by atoms with Crippen molar-refractivity contribution >= 4 is 23.5 Å². The number of halogens is 1. The minimum absolute atomic E-state index is 0.214. The first-order chi connectivity index (χ1) is 12.5. The van der Waals surface area contributed by atoms with E-state index in [1.54, 1.807) is 42.8 Å². The number of rotatable bonds is 6. The number of carboxylic acid groups (broad SMARTS) is 1. The third-order valence-corrected chi connectivity index (χ3v) is 3.87. The average Bonchev–Trinajstić information content (AvgIpc) is 3.01. The number of amides is 1. The second kappa shape index (κ2) is 7.34. The lowest BCUT2D eigenvalue weighted by atomic mass is 10.1. The molecule has 0 fully saturated rings. The molecule has 0 atom stereocenters. The van der Waals surface area contributed by atoms with Crippen molar-refractivity contribution in [1.82, 2.24) is 19.6 Å². The number of carbonyl (C=O) groups is 1. The van der Waals surface area contributed by atoms with Crippen LogP contribution < -0.4 is 10.2 Å². The summed E-state index contributed by atoms with van der Waals surface area (Å²) in [5.74, 6) is 0.450. The molecule has 2 aromatic heterocycles. The minimum Gasteiger partial charge on any atom is -0.465 e. The van der Waals surface area contributed by atoms with Crippen molar-refractivity contribution in [1.29, 1.82) is 0 Å². The van der Waals surface area contributed by atoms with E-state index in [2.05, 4.69) is 20.5 Å². The largest absolute Gasteiger partial charge is 0.465 e. The Morgan fingerprint density at radius 3 is 2.69 bits per heavy atom. The Hall–Kier alpha value is -3.23. The molecular weight excluding hydrogens is 339 g/mol. The lowest BCUT2D eigenvalue weighted by Gasteiger charge is -2.20. The molecule has 9 heteroatoms. The second-order valence-corrected chi connectivity index (χ2v) is 6.02. The standard InChI is InChI=1S/C17H19FN6O2/c1-11(2)24(17(25)26)16-22-21-15-14(20-9-10-23(15)16)19-8-7-12-3-5-13(18)6-4-12/h3-6,9-11H,7-8H2,1-2H3,(H,19,20)(H,25,26). The number of nitrogens with zero attached hydrogens (tertiary/aromatic N) is 5. The maximum Gasteiger partial charge on any atom is 0.414 e. The zero-order valence-electron chi connectivity index (χ0n) is 14.4. The topological polar surface area (TPSA) is 95.7 Å². The van der Waals surface area contributed by atoms with Gasteiger partial charge in [0.1, 0.15) is 5.82 Å². The fraction of sp³-hybridized carbons (Fsp3) is 0.294. The quantitative estimate of drug-likeness (QED) is 0.703. The van der Waals surface area contributed by atoms with Crippen molar-refractivity contribution in [2.75, 3.05) is 16.8 Å². The number of benzene rings is 1. The van der Waals surface area contributed by atoms with Crippen LogP contribution in [0, 0.1) is 5.82 Å². The van der Waals surface area contributed by atoms with Crippen molar-refractivity contribution in [3.63, 3.8) is 0 Å². The predicted molar refractivity (Wildman–Crippen MR) is 95.0 cm³/mol. The fourth-order valence-corrected chi connectivity index (χ4v) is 2.62. The van der Waals surface area contributed by atoms with E-state index in [0.717, 1.165) is 10.5 Å². The van der Waals surface area contributed by atoms with Crippen molar-refractivity contribution in [2.45, 2.75) is 26.3 Å². The molecule has 0 aliphatic heterocycles. The molecule has 2 heterocycles. The van der Waals surface area contributed by atoms with E-state index in [1.807, 2.05) is 0 Å². The minimum atomic E-state index is -1.10. The van der Waals surface area contributed by atoms with Gasteiger partial charge in [-0.2, -0.15) is 0 Å². The highest BCUT2D eigenvalue weighted by molar-refractivity contribution is 5.85. The highest BCUT2D eigenvalue weighted by Gasteiger charge is 2.24. The van der Waals surface area contributed by atoms with E-state index in [9.17, 15) is 14.3 Å². The van der Waals surface area contributed by atoms with Crippen LogP contribution >= 0.6 is 0 Å². The van der Waals surface area contributed by atoms with Crippen molar-refractivity contribution < 1.29 is 14.3 Å². The monoisotopic (exact) mass is 358 g/mol. The van der Waals surface area contributed by atoms with Gasteiger partial charge >= 0.3 is 6.09 Å². The average molecular weight is 358 g/mol. The molecular formula is C17H19FN6O2.